The maximum atomic E-state index is 14.3. The van der Waals surface area contributed by atoms with E-state index in [9.17, 15) is 31.1 Å². The molecule has 0 unspecified atom stereocenters. The molecule has 2 aromatic heterocycles. The summed E-state index contributed by atoms with van der Waals surface area (Å²) in [6.07, 6.45) is -4.73. The number of rotatable bonds is 3. The van der Waals surface area contributed by atoms with Crippen LogP contribution in [0.2, 0.25) is 0 Å². The first-order chi connectivity index (χ1) is 14.7. The zero-order valence-corrected chi connectivity index (χ0v) is 15.5. The number of fused-ring (bicyclic) bond motifs is 1. The number of amides is 1. The number of hydrogen-bond acceptors (Lipinski definition) is 1. The molecule has 2 heterocycles. The molecule has 1 amide bonds. The molecule has 0 aliphatic heterocycles. The number of alkyl halides is 3. The van der Waals surface area contributed by atoms with Gasteiger partial charge in [-0.1, -0.05) is 24.3 Å². The Morgan fingerprint density at radius 3 is 2.23 bits per heavy atom. The van der Waals surface area contributed by atoms with Gasteiger partial charge in [0, 0.05) is 11.2 Å². The fourth-order valence-corrected chi connectivity index (χ4v) is 3.27. The summed E-state index contributed by atoms with van der Waals surface area (Å²) < 4.78 is 82.9. The molecule has 9 heteroatoms. The largest absolute Gasteiger partial charge is 0.418 e. The lowest BCUT2D eigenvalue weighted by Gasteiger charge is -2.12. The van der Waals surface area contributed by atoms with Gasteiger partial charge in [-0.15, -0.1) is 0 Å². The third-order valence-electron chi connectivity index (χ3n) is 4.66. The molecule has 0 saturated carbocycles. The van der Waals surface area contributed by atoms with Gasteiger partial charge in [-0.3, -0.25) is 9.20 Å². The van der Waals surface area contributed by atoms with E-state index in [0.717, 1.165) is 28.7 Å². The van der Waals surface area contributed by atoms with Crippen molar-refractivity contribution in [2.75, 3.05) is 5.32 Å². The van der Waals surface area contributed by atoms with Gasteiger partial charge in [0.25, 0.3) is 5.91 Å². The highest BCUT2D eigenvalue weighted by Crippen LogP contribution is 2.40. The number of carbonyl (C=O) groups is 1. The lowest BCUT2D eigenvalue weighted by atomic mass is 10.1. The first-order valence-electron chi connectivity index (χ1n) is 8.90. The van der Waals surface area contributed by atoms with Gasteiger partial charge < -0.3 is 5.32 Å². The van der Waals surface area contributed by atoms with E-state index < -0.39 is 46.5 Å². The van der Waals surface area contributed by atoms with Crippen LogP contribution in [0, 0.1) is 17.6 Å². The monoisotopic (exact) mass is 434 g/mol. The Morgan fingerprint density at radius 2 is 1.55 bits per heavy atom. The fraction of sp³-hybridized carbons (Fsp3) is 0.0455. The topological polar surface area (TPSA) is 33.5 Å². The van der Waals surface area contributed by atoms with E-state index in [-0.39, 0.29) is 16.8 Å². The van der Waals surface area contributed by atoms with Gasteiger partial charge in [0.05, 0.1) is 16.8 Å². The molecule has 158 valence electrons. The van der Waals surface area contributed by atoms with E-state index in [1.54, 1.807) is 0 Å². The minimum Gasteiger partial charge on any atom is -0.322 e. The van der Waals surface area contributed by atoms with Crippen molar-refractivity contribution >= 4 is 17.1 Å². The SMILES string of the molecule is O=C(Nc1ccc(-c2c(C(F)(F)F)cc3cccc(F)n23)cc1)c1cccc(F)c1F. The molecule has 0 saturated heterocycles. The summed E-state index contributed by atoms with van der Waals surface area (Å²) >= 11 is 0. The summed E-state index contributed by atoms with van der Waals surface area (Å²) in [7, 11) is 0. The third kappa shape index (κ3) is 3.74. The Bertz CT molecular complexity index is 1290. The van der Waals surface area contributed by atoms with E-state index in [1.165, 1.54) is 42.5 Å². The van der Waals surface area contributed by atoms with Gasteiger partial charge in [-0.25, -0.2) is 8.78 Å². The van der Waals surface area contributed by atoms with Crippen molar-refractivity contribution in [3.63, 3.8) is 0 Å². The van der Waals surface area contributed by atoms with E-state index in [2.05, 4.69) is 5.32 Å². The van der Waals surface area contributed by atoms with Gasteiger partial charge in [0.2, 0.25) is 0 Å². The summed E-state index contributed by atoms with van der Waals surface area (Å²) in [5.41, 5.74) is -1.73. The van der Waals surface area contributed by atoms with E-state index >= 15 is 0 Å². The molecule has 3 nitrogen and oxygen atoms in total. The predicted molar refractivity (Wildman–Crippen MR) is 102 cm³/mol. The van der Waals surface area contributed by atoms with Crippen molar-refractivity contribution in [1.82, 2.24) is 4.40 Å². The Balaban J connectivity index is 1.71. The molecule has 4 rings (SSSR count). The molecule has 0 spiro atoms. The Hall–Kier alpha value is -3.75. The maximum Gasteiger partial charge on any atom is 0.418 e. The van der Waals surface area contributed by atoms with Crippen LogP contribution in [0.1, 0.15) is 15.9 Å². The molecule has 0 atom stereocenters. The Morgan fingerprint density at radius 1 is 0.871 bits per heavy atom. The van der Waals surface area contributed by atoms with Crippen LogP contribution in [-0.2, 0) is 6.18 Å². The van der Waals surface area contributed by atoms with Gasteiger partial charge in [-0.05, 0) is 48.0 Å². The standard InChI is InChI=1S/C22H12F6N2O/c23-17-5-2-4-15(19(17)25)21(31)29-13-9-7-12(8-10-13)20-16(22(26,27)28)11-14-3-1-6-18(24)30(14)20/h1-11H,(H,29,31). The number of halogens is 6. The van der Waals surface area contributed by atoms with Crippen molar-refractivity contribution in [2.24, 2.45) is 0 Å². The second-order valence-corrected chi connectivity index (χ2v) is 6.65. The lowest BCUT2D eigenvalue weighted by molar-refractivity contribution is -0.137. The smallest absolute Gasteiger partial charge is 0.322 e. The molecule has 2 aromatic carbocycles. The van der Waals surface area contributed by atoms with Gasteiger partial charge in [0.1, 0.15) is 0 Å². The summed E-state index contributed by atoms with van der Waals surface area (Å²) in [6.45, 7) is 0. The fourth-order valence-electron chi connectivity index (χ4n) is 3.27. The molecule has 4 aromatic rings. The number of carbonyl (C=O) groups excluding carboxylic acids is 1. The van der Waals surface area contributed by atoms with Gasteiger partial charge >= 0.3 is 6.18 Å². The first kappa shape index (κ1) is 20.5. The number of nitrogens with one attached hydrogen (secondary N) is 1. The van der Waals surface area contributed by atoms with E-state index in [0.29, 0.717) is 0 Å². The Labute approximate surface area is 171 Å². The molecule has 0 aliphatic carbocycles. The second kappa shape index (κ2) is 7.50. The minimum atomic E-state index is -4.73. The van der Waals surface area contributed by atoms with Crippen LogP contribution in [0.5, 0.6) is 0 Å². The normalized spacial score (nSPS) is 11.7. The quantitative estimate of drug-likeness (QED) is 0.298. The van der Waals surface area contributed by atoms with Crippen LogP contribution in [0.25, 0.3) is 16.8 Å². The van der Waals surface area contributed by atoms with Crippen LogP contribution in [-0.4, -0.2) is 10.3 Å². The summed E-state index contributed by atoms with van der Waals surface area (Å²) in [5, 5.41) is 2.34. The van der Waals surface area contributed by atoms with Crippen LogP contribution >= 0.6 is 0 Å². The number of pyridine rings is 1. The number of aromatic nitrogens is 1. The van der Waals surface area contributed by atoms with Crippen LogP contribution in [0.4, 0.5) is 32.0 Å². The molecule has 31 heavy (non-hydrogen) atoms. The molecule has 1 N–H and O–H groups in total. The van der Waals surface area contributed by atoms with E-state index in [1.807, 2.05) is 0 Å². The van der Waals surface area contributed by atoms with Gasteiger partial charge in [0.15, 0.2) is 17.6 Å². The summed E-state index contributed by atoms with van der Waals surface area (Å²) in [6, 6.07) is 12.8. The number of anilines is 1. The zero-order valence-electron chi connectivity index (χ0n) is 15.5. The van der Waals surface area contributed by atoms with Crippen molar-refractivity contribution in [1.29, 1.82) is 0 Å². The van der Waals surface area contributed by atoms with Crippen molar-refractivity contribution in [2.45, 2.75) is 6.18 Å². The third-order valence-corrected chi connectivity index (χ3v) is 4.66. The molecular weight excluding hydrogens is 422 g/mol. The highest BCUT2D eigenvalue weighted by atomic mass is 19.4. The van der Waals surface area contributed by atoms with Crippen molar-refractivity contribution in [3.05, 3.63) is 95.4 Å². The number of benzene rings is 2. The van der Waals surface area contributed by atoms with E-state index in [4.69, 9.17) is 0 Å². The van der Waals surface area contributed by atoms with Crippen LogP contribution < -0.4 is 5.32 Å². The number of nitrogens with zero attached hydrogens (tertiary/aromatic N) is 1. The number of hydrogen-bond donors (Lipinski definition) is 1. The summed E-state index contributed by atoms with van der Waals surface area (Å²) in [4.78, 5) is 12.2. The molecule has 0 bridgehead atoms. The predicted octanol–water partition coefficient (Wildman–Crippen LogP) is 6.29. The maximum absolute atomic E-state index is 14.3. The van der Waals surface area contributed by atoms with Crippen LogP contribution in [0.15, 0.2) is 66.7 Å². The van der Waals surface area contributed by atoms with Gasteiger partial charge in [-0.2, -0.15) is 17.6 Å². The Kier molecular flexibility index (Phi) is 4.96. The zero-order chi connectivity index (χ0) is 22.3. The lowest BCUT2D eigenvalue weighted by Crippen LogP contribution is -2.14. The average molecular weight is 434 g/mol. The highest BCUT2D eigenvalue weighted by molar-refractivity contribution is 6.04. The second-order valence-electron chi connectivity index (χ2n) is 6.65. The van der Waals surface area contributed by atoms with Crippen molar-refractivity contribution < 1.29 is 31.1 Å². The molecule has 0 fully saturated rings. The molecular formula is C22H12F6N2O. The molecule has 0 radical (unpaired) electrons. The van der Waals surface area contributed by atoms with Crippen molar-refractivity contribution in [3.8, 4) is 11.3 Å². The minimum absolute atomic E-state index is 0.0290. The first-order valence-corrected chi connectivity index (χ1v) is 8.90. The molecule has 0 aliphatic rings. The summed E-state index contributed by atoms with van der Waals surface area (Å²) in [5.74, 6) is -4.31. The highest BCUT2D eigenvalue weighted by Gasteiger charge is 2.36. The average Bonchev–Trinajstić information content (AvgIpc) is 3.12. The van der Waals surface area contributed by atoms with Crippen LogP contribution in [0.3, 0.4) is 0 Å².